The summed E-state index contributed by atoms with van der Waals surface area (Å²) < 4.78 is 27.7. The van der Waals surface area contributed by atoms with Crippen molar-refractivity contribution < 1.29 is 8.42 Å². The van der Waals surface area contributed by atoms with Crippen molar-refractivity contribution in [1.29, 1.82) is 0 Å². The number of aryl methyl sites for hydroxylation is 1. The molecule has 0 aromatic heterocycles. The van der Waals surface area contributed by atoms with Gasteiger partial charge in [0.05, 0.1) is 10.1 Å². The van der Waals surface area contributed by atoms with Gasteiger partial charge in [-0.3, -0.25) is 0 Å². The first-order valence-corrected chi connectivity index (χ1v) is 22.8. The zero-order valence-corrected chi connectivity index (χ0v) is 33.7. The minimum absolute atomic E-state index is 0.404. The highest BCUT2D eigenvalue weighted by atomic mass is 32.2. The van der Waals surface area contributed by atoms with Gasteiger partial charge in [-0.05, 0) is 132 Å². The Hall–Kier alpha value is -2.61. The van der Waals surface area contributed by atoms with E-state index in [-0.39, 0.29) is 0 Å². The lowest BCUT2D eigenvalue weighted by Crippen LogP contribution is -2.20. The fraction of sp³-hybridized carbons (Fsp3) is 0.535. The number of allylic oxidation sites excluding steroid dienone is 11. The predicted octanol–water partition coefficient (Wildman–Crippen LogP) is 13.0. The minimum atomic E-state index is -3.51. The zero-order chi connectivity index (χ0) is 35.5. The number of sulfone groups is 1. The van der Waals surface area contributed by atoms with E-state index in [4.69, 9.17) is 0 Å². The first-order valence-electron chi connectivity index (χ1n) is 17.7. The van der Waals surface area contributed by atoms with Gasteiger partial charge in [-0.25, -0.2) is 8.42 Å². The molecule has 1 unspecified atom stereocenters. The molecule has 1 aromatic rings. The number of rotatable bonds is 19. The van der Waals surface area contributed by atoms with Crippen molar-refractivity contribution in [3.8, 4) is 11.5 Å². The van der Waals surface area contributed by atoms with Crippen LogP contribution in [0.4, 0.5) is 0 Å². The van der Waals surface area contributed by atoms with Crippen LogP contribution in [0.2, 0.25) is 19.6 Å². The molecule has 0 aliphatic carbocycles. The smallest absolute Gasteiger partial charge is 0.185 e. The first kappa shape index (κ1) is 42.4. The van der Waals surface area contributed by atoms with Crippen LogP contribution in [0.3, 0.4) is 0 Å². The van der Waals surface area contributed by atoms with Gasteiger partial charge < -0.3 is 0 Å². The molecule has 0 amide bonds. The zero-order valence-electron chi connectivity index (χ0n) is 31.9. The van der Waals surface area contributed by atoms with Crippen LogP contribution in [-0.2, 0) is 9.84 Å². The van der Waals surface area contributed by atoms with Crippen LogP contribution in [0.25, 0.3) is 0 Å². The summed E-state index contributed by atoms with van der Waals surface area (Å²) >= 11 is 0. The topological polar surface area (TPSA) is 34.1 Å². The Balaban J connectivity index is 2.90. The summed E-state index contributed by atoms with van der Waals surface area (Å²) in [7, 11) is -4.81. The SMILES string of the molecule is CC(C)=CCC/C(C)=C/CC/C(C)=C/CC/C(C)=C/C(C/C(C)=C/CC/C(C)=C/CCC#C[Si](C)(C)C)S(=O)(=O)c1ccc(C)cc1. The molecule has 0 saturated heterocycles. The van der Waals surface area contributed by atoms with Crippen molar-refractivity contribution in [1.82, 2.24) is 0 Å². The van der Waals surface area contributed by atoms with Crippen LogP contribution in [0, 0.1) is 18.4 Å². The van der Waals surface area contributed by atoms with E-state index in [1.165, 1.54) is 22.3 Å². The maximum Gasteiger partial charge on any atom is 0.185 e. The van der Waals surface area contributed by atoms with Gasteiger partial charge in [0.2, 0.25) is 0 Å². The van der Waals surface area contributed by atoms with E-state index >= 15 is 0 Å². The standard InChI is InChI=1S/C43H66O2SSi/c1-35(2)19-15-21-37(4)22-16-23-38(5)25-18-27-41(8)34-43(46(44,45)42-30-28-39(6)29-31-42)33-40(7)26-17-24-36(3)20-13-12-14-32-47(9,10)11/h19-20,22,25-26,28-31,34,43H,12-13,15-18,21,23-24,27,33H2,1-11H3/b36-20+,37-22+,38-25+,40-26+,41-34+. The van der Waals surface area contributed by atoms with Crippen LogP contribution in [0.5, 0.6) is 0 Å². The highest BCUT2D eigenvalue weighted by molar-refractivity contribution is 7.92. The molecule has 0 saturated carbocycles. The van der Waals surface area contributed by atoms with Crippen LogP contribution >= 0.6 is 0 Å². The van der Waals surface area contributed by atoms with Crippen LogP contribution in [0.1, 0.15) is 125 Å². The van der Waals surface area contributed by atoms with Crippen molar-refractivity contribution in [2.45, 2.75) is 156 Å². The summed E-state index contributed by atoms with van der Waals surface area (Å²) in [6, 6.07) is 7.29. The highest BCUT2D eigenvalue weighted by Crippen LogP contribution is 2.26. The average molecular weight is 675 g/mol. The molecule has 260 valence electrons. The third-order valence-corrected chi connectivity index (χ3v) is 11.1. The van der Waals surface area contributed by atoms with E-state index in [1.807, 2.05) is 25.1 Å². The van der Waals surface area contributed by atoms with Gasteiger partial charge in [0.25, 0.3) is 0 Å². The summed E-state index contributed by atoms with van der Waals surface area (Å²) in [5, 5.41) is -0.576. The maximum atomic E-state index is 13.9. The van der Waals surface area contributed by atoms with E-state index in [2.05, 4.69) is 110 Å². The van der Waals surface area contributed by atoms with Gasteiger partial charge in [-0.2, -0.15) is 0 Å². The van der Waals surface area contributed by atoms with Crippen LogP contribution in [-0.4, -0.2) is 21.7 Å². The molecular weight excluding hydrogens is 609 g/mol. The summed E-state index contributed by atoms with van der Waals surface area (Å²) in [4.78, 5) is 0.404. The quantitative estimate of drug-likeness (QED) is 0.0633. The second kappa shape index (κ2) is 22.1. The molecule has 4 heteroatoms. The van der Waals surface area contributed by atoms with Gasteiger partial charge in [0.1, 0.15) is 8.07 Å². The number of unbranched alkanes of at least 4 members (excludes halogenated alkanes) is 1. The molecule has 0 N–H and O–H groups in total. The lowest BCUT2D eigenvalue weighted by Gasteiger charge is -2.17. The van der Waals surface area contributed by atoms with E-state index in [0.29, 0.717) is 11.3 Å². The molecular formula is C43H66O2SSi. The molecule has 2 nitrogen and oxygen atoms in total. The lowest BCUT2D eigenvalue weighted by atomic mass is 10.0. The number of hydrogen-bond donors (Lipinski definition) is 0. The lowest BCUT2D eigenvalue weighted by molar-refractivity contribution is 0.586. The normalized spacial score (nSPS) is 14.5. The van der Waals surface area contributed by atoms with Gasteiger partial charge >= 0.3 is 0 Å². The summed E-state index contributed by atoms with van der Waals surface area (Å²) in [5.74, 6) is 3.35. The summed E-state index contributed by atoms with van der Waals surface area (Å²) in [5.41, 5.74) is 12.4. The largest absolute Gasteiger partial charge is 0.223 e. The molecule has 1 rings (SSSR count). The Bertz CT molecular complexity index is 1460. The number of benzene rings is 1. The summed E-state index contributed by atoms with van der Waals surface area (Å²) in [6.45, 7) is 23.9. The molecule has 0 fully saturated rings. The maximum absolute atomic E-state index is 13.9. The van der Waals surface area contributed by atoms with E-state index in [0.717, 1.165) is 80.9 Å². The Labute approximate surface area is 292 Å². The highest BCUT2D eigenvalue weighted by Gasteiger charge is 2.26. The van der Waals surface area contributed by atoms with E-state index in [9.17, 15) is 8.42 Å². The Kier molecular flexibility index (Phi) is 19.9. The third-order valence-electron chi connectivity index (χ3n) is 8.15. The molecule has 0 aliphatic rings. The fourth-order valence-electron chi connectivity index (χ4n) is 5.21. The second-order valence-electron chi connectivity index (χ2n) is 14.8. The Morgan fingerprint density at radius 1 is 0.660 bits per heavy atom. The molecule has 0 spiro atoms. The molecule has 47 heavy (non-hydrogen) atoms. The van der Waals surface area contributed by atoms with Crippen LogP contribution < -0.4 is 0 Å². The van der Waals surface area contributed by atoms with Crippen molar-refractivity contribution >= 4 is 17.9 Å². The van der Waals surface area contributed by atoms with Gasteiger partial charge in [0, 0.05) is 6.42 Å². The van der Waals surface area contributed by atoms with E-state index in [1.54, 1.807) is 12.1 Å². The van der Waals surface area contributed by atoms with Gasteiger partial charge in [0.15, 0.2) is 9.84 Å². The van der Waals surface area contributed by atoms with Crippen molar-refractivity contribution in [2.24, 2.45) is 0 Å². The molecule has 0 heterocycles. The monoisotopic (exact) mass is 674 g/mol. The summed E-state index contributed by atoms with van der Waals surface area (Å²) in [6.07, 6.45) is 24.1. The van der Waals surface area contributed by atoms with Gasteiger partial charge in [-0.1, -0.05) is 107 Å². The number of hydrogen-bond acceptors (Lipinski definition) is 2. The van der Waals surface area contributed by atoms with Crippen molar-refractivity contribution in [2.75, 3.05) is 0 Å². The van der Waals surface area contributed by atoms with Crippen LogP contribution in [0.15, 0.2) is 99.1 Å². The first-order chi connectivity index (χ1) is 22.0. The molecule has 1 atom stereocenters. The van der Waals surface area contributed by atoms with E-state index < -0.39 is 23.2 Å². The second-order valence-corrected chi connectivity index (χ2v) is 21.8. The fourth-order valence-corrected chi connectivity index (χ4v) is 7.63. The molecule has 0 bridgehead atoms. The minimum Gasteiger partial charge on any atom is -0.223 e. The Morgan fingerprint density at radius 2 is 1.11 bits per heavy atom. The average Bonchev–Trinajstić information content (AvgIpc) is 2.96. The Morgan fingerprint density at radius 3 is 1.60 bits per heavy atom. The third kappa shape index (κ3) is 20.4. The predicted molar refractivity (Wildman–Crippen MR) is 212 cm³/mol. The molecule has 0 aliphatic heterocycles. The molecule has 0 radical (unpaired) electrons. The van der Waals surface area contributed by atoms with Gasteiger partial charge in [-0.15, -0.1) is 11.5 Å². The van der Waals surface area contributed by atoms with Crippen molar-refractivity contribution in [3.63, 3.8) is 0 Å². The van der Waals surface area contributed by atoms with Crippen molar-refractivity contribution in [3.05, 3.63) is 99.7 Å². The molecule has 1 aromatic carbocycles.